The van der Waals surface area contributed by atoms with E-state index >= 15 is 0 Å². The molecule has 0 saturated heterocycles. The number of nitro groups is 1. The number of aliphatic hydroxyl groups excluding tert-OH is 1. The van der Waals surface area contributed by atoms with Gasteiger partial charge in [-0.25, -0.2) is 4.68 Å². The molecule has 0 radical (unpaired) electrons. The van der Waals surface area contributed by atoms with Crippen molar-refractivity contribution in [2.45, 2.75) is 13.1 Å². The maximum atomic E-state index is 12.5. The van der Waals surface area contributed by atoms with Crippen LogP contribution in [0.15, 0.2) is 0 Å². The van der Waals surface area contributed by atoms with Crippen LogP contribution >= 0.6 is 0 Å². The lowest BCUT2D eigenvalue weighted by Gasteiger charge is -2.23. The van der Waals surface area contributed by atoms with Crippen LogP contribution in [0, 0.1) is 17.0 Å². The van der Waals surface area contributed by atoms with Crippen molar-refractivity contribution >= 4 is 11.5 Å². The van der Waals surface area contributed by atoms with Crippen molar-refractivity contribution in [2.24, 2.45) is 7.05 Å². The van der Waals surface area contributed by atoms with Crippen molar-refractivity contribution in [3.8, 4) is 0 Å². The van der Waals surface area contributed by atoms with Crippen LogP contribution in [0.5, 0.6) is 0 Å². The van der Waals surface area contributed by atoms with Gasteiger partial charge in [-0.3, -0.25) is 10.1 Å². The number of rotatable bonds is 5. The summed E-state index contributed by atoms with van der Waals surface area (Å²) < 4.78 is 38.4. The van der Waals surface area contributed by atoms with Gasteiger partial charge in [0, 0.05) is 13.6 Å². The molecule has 108 valence electrons. The summed E-state index contributed by atoms with van der Waals surface area (Å²) in [5.41, 5.74) is -0.465. The first-order chi connectivity index (χ1) is 8.67. The lowest BCUT2D eigenvalue weighted by atomic mass is 10.3. The number of aromatic nitrogens is 2. The van der Waals surface area contributed by atoms with E-state index < -0.39 is 29.9 Å². The van der Waals surface area contributed by atoms with Gasteiger partial charge in [0.1, 0.15) is 12.2 Å². The minimum Gasteiger partial charge on any atom is -0.395 e. The molecular weight excluding hydrogens is 269 g/mol. The Morgan fingerprint density at radius 2 is 2.11 bits per heavy atom. The summed E-state index contributed by atoms with van der Waals surface area (Å²) in [6.07, 6.45) is -4.54. The molecule has 1 aromatic rings. The van der Waals surface area contributed by atoms with E-state index in [0.29, 0.717) is 4.90 Å². The summed E-state index contributed by atoms with van der Waals surface area (Å²) in [5, 5.41) is 23.5. The molecule has 0 atom stereocenters. The molecular formula is C9H13F3N4O3. The molecule has 0 aromatic carbocycles. The molecule has 1 rings (SSSR count). The Balaban J connectivity index is 3.26. The van der Waals surface area contributed by atoms with E-state index in [2.05, 4.69) is 5.10 Å². The van der Waals surface area contributed by atoms with Gasteiger partial charge in [-0.05, 0) is 6.92 Å². The van der Waals surface area contributed by atoms with Gasteiger partial charge in [0.05, 0.1) is 11.5 Å². The van der Waals surface area contributed by atoms with E-state index in [4.69, 9.17) is 5.11 Å². The van der Waals surface area contributed by atoms with Gasteiger partial charge in [0.25, 0.3) is 0 Å². The van der Waals surface area contributed by atoms with Crippen molar-refractivity contribution in [1.29, 1.82) is 0 Å². The molecule has 0 aliphatic carbocycles. The van der Waals surface area contributed by atoms with Gasteiger partial charge >= 0.3 is 11.9 Å². The average molecular weight is 282 g/mol. The molecule has 0 aliphatic heterocycles. The van der Waals surface area contributed by atoms with Crippen LogP contribution in [-0.4, -0.2) is 45.7 Å². The molecule has 0 bridgehead atoms. The van der Waals surface area contributed by atoms with Crippen molar-refractivity contribution in [2.75, 3.05) is 24.6 Å². The number of alkyl halides is 3. The SMILES string of the molecule is Cc1nn(C)c(N(CCO)CC(F)(F)F)c1[N+](=O)[O-]. The number of hydrogen-bond donors (Lipinski definition) is 1. The first-order valence-corrected chi connectivity index (χ1v) is 5.28. The maximum Gasteiger partial charge on any atom is 0.405 e. The van der Waals surface area contributed by atoms with Crippen LogP contribution in [0.4, 0.5) is 24.7 Å². The van der Waals surface area contributed by atoms with Gasteiger partial charge in [0.2, 0.25) is 5.82 Å². The van der Waals surface area contributed by atoms with Crippen LogP contribution in [0.2, 0.25) is 0 Å². The number of aliphatic hydroxyl groups is 1. The largest absolute Gasteiger partial charge is 0.405 e. The Kier molecular flexibility index (Phi) is 4.35. The highest BCUT2D eigenvalue weighted by atomic mass is 19.4. The van der Waals surface area contributed by atoms with E-state index in [1.165, 1.54) is 14.0 Å². The molecule has 1 aromatic heterocycles. The fourth-order valence-corrected chi connectivity index (χ4v) is 1.80. The third kappa shape index (κ3) is 3.56. The highest BCUT2D eigenvalue weighted by molar-refractivity contribution is 5.61. The van der Waals surface area contributed by atoms with Crippen molar-refractivity contribution < 1.29 is 23.2 Å². The summed E-state index contributed by atoms with van der Waals surface area (Å²) in [4.78, 5) is 10.8. The van der Waals surface area contributed by atoms with Crippen LogP contribution in [0.1, 0.15) is 5.69 Å². The Hall–Kier alpha value is -1.84. The topological polar surface area (TPSA) is 84.4 Å². The van der Waals surface area contributed by atoms with Crippen LogP contribution in [0.25, 0.3) is 0 Å². The van der Waals surface area contributed by atoms with Gasteiger partial charge < -0.3 is 10.0 Å². The van der Waals surface area contributed by atoms with Gasteiger partial charge in [-0.15, -0.1) is 0 Å². The van der Waals surface area contributed by atoms with E-state index in [0.717, 1.165) is 4.68 Å². The molecule has 0 spiro atoms. The minimum absolute atomic E-state index is 0.0209. The predicted octanol–water partition coefficient (Wildman–Crippen LogP) is 0.998. The normalized spacial score (nSPS) is 11.7. The lowest BCUT2D eigenvalue weighted by Crippen LogP contribution is -2.37. The molecule has 0 unspecified atom stereocenters. The number of aryl methyl sites for hydroxylation is 2. The monoisotopic (exact) mass is 282 g/mol. The number of nitrogens with zero attached hydrogens (tertiary/aromatic N) is 4. The fraction of sp³-hybridized carbons (Fsp3) is 0.667. The smallest absolute Gasteiger partial charge is 0.395 e. The average Bonchev–Trinajstić information content (AvgIpc) is 2.50. The third-order valence-electron chi connectivity index (χ3n) is 2.38. The summed E-state index contributed by atoms with van der Waals surface area (Å²) in [7, 11) is 1.32. The van der Waals surface area contributed by atoms with Gasteiger partial charge in [0.15, 0.2) is 0 Å². The second kappa shape index (κ2) is 5.43. The van der Waals surface area contributed by atoms with Crippen LogP contribution in [0.3, 0.4) is 0 Å². The molecule has 7 nitrogen and oxygen atoms in total. The fourth-order valence-electron chi connectivity index (χ4n) is 1.80. The minimum atomic E-state index is -4.54. The van der Waals surface area contributed by atoms with E-state index in [1.54, 1.807) is 0 Å². The predicted molar refractivity (Wildman–Crippen MR) is 60.0 cm³/mol. The van der Waals surface area contributed by atoms with Crippen LogP contribution in [-0.2, 0) is 7.05 Å². The van der Waals surface area contributed by atoms with Crippen molar-refractivity contribution in [3.05, 3.63) is 15.8 Å². The zero-order chi connectivity index (χ0) is 14.8. The first-order valence-electron chi connectivity index (χ1n) is 5.28. The van der Waals surface area contributed by atoms with Crippen LogP contribution < -0.4 is 4.90 Å². The zero-order valence-electron chi connectivity index (χ0n) is 10.3. The maximum absolute atomic E-state index is 12.5. The molecule has 0 amide bonds. The second-order valence-corrected chi connectivity index (χ2v) is 3.90. The Labute approximate surface area is 106 Å². The summed E-state index contributed by atoms with van der Waals surface area (Å²) in [6.45, 7) is -0.990. The highest BCUT2D eigenvalue weighted by Gasteiger charge is 2.36. The second-order valence-electron chi connectivity index (χ2n) is 3.90. The number of anilines is 1. The quantitative estimate of drug-likeness (QED) is 0.643. The summed E-state index contributed by atoms with van der Waals surface area (Å²) in [5.74, 6) is -0.270. The summed E-state index contributed by atoms with van der Waals surface area (Å²) >= 11 is 0. The van der Waals surface area contributed by atoms with E-state index in [9.17, 15) is 23.3 Å². The first kappa shape index (κ1) is 15.2. The molecule has 10 heteroatoms. The molecule has 0 saturated carbocycles. The Morgan fingerprint density at radius 3 is 2.53 bits per heavy atom. The molecule has 1 N–H and O–H groups in total. The van der Waals surface area contributed by atoms with E-state index in [-0.39, 0.29) is 18.1 Å². The Bertz CT molecular complexity index is 472. The Morgan fingerprint density at radius 1 is 1.53 bits per heavy atom. The van der Waals surface area contributed by atoms with Gasteiger partial charge in [-0.2, -0.15) is 18.3 Å². The molecule has 19 heavy (non-hydrogen) atoms. The van der Waals surface area contributed by atoms with Crippen molar-refractivity contribution in [3.63, 3.8) is 0 Å². The summed E-state index contributed by atoms with van der Waals surface area (Å²) in [6, 6.07) is 0. The third-order valence-corrected chi connectivity index (χ3v) is 2.38. The molecule has 1 heterocycles. The molecule has 0 aliphatic rings. The number of halogens is 3. The lowest BCUT2D eigenvalue weighted by molar-refractivity contribution is -0.384. The van der Waals surface area contributed by atoms with Gasteiger partial charge in [-0.1, -0.05) is 0 Å². The zero-order valence-corrected chi connectivity index (χ0v) is 10.3. The highest BCUT2D eigenvalue weighted by Crippen LogP contribution is 2.32. The molecule has 0 fully saturated rings. The van der Waals surface area contributed by atoms with Crippen molar-refractivity contribution in [1.82, 2.24) is 9.78 Å². The number of hydrogen-bond acceptors (Lipinski definition) is 5. The standard InChI is InChI=1S/C9H13F3N4O3/c1-6-7(16(18)19)8(14(2)13-6)15(3-4-17)5-9(10,11)12/h17H,3-5H2,1-2H3. The van der Waals surface area contributed by atoms with E-state index in [1.807, 2.05) is 0 Å².